The molecule has 2 aromatic carbocycles. The Morgan fingerprint density at radius 3 is 2.38 bits per heavy atom. The van der Waals surface area contributed by atoms with Crippen molar-refractivity contribution >= 4 is 37.1 Å². The van der Waals surface area contributed by atoms with Gasteiger partial charge in [0, 0.05) is 42.7 Å². The van der Waals surface area contributed by atoms with Crippen molar-refractivity contribution in [1.29, 1.82) is 0 Å². The highest BCUT2D eigenvalue weighted by molar-refractivity contribution is 7.90. The monoisotopic (exact) mass is 487 g/mol. The van der Waals surface area contributed by atoms with Gasteiger partial charge in [-0.05, 0) is 24.3 Å². The van der Waals surface area contributed by atoms with Crippen LogP contribution < -0.4 is 5.32 Å². The summed E-state index contributed by atoms with van der Waals surface area (Å²) in [6.07, 6.45) is 0.830. The number of ether oxygens (including phenoxy) is 1. The Hall–Kier alpha value is -2.94. The first-order valence-electron chi connectivity index (χ1n) is 9.08. The Morgan fingerprint density at radius 2 is 1.78 bits per heavy atom. The summed E-state index contributed by atoms with van der Waals surface area (Å²) in [6.45, 7) is 0.403. The summed E-state index contributed by atoms with van der Waals surface area (Å²) >= 11 is 0. The second-order valence-electron chi connectivity index (χ2n) is 6.86. The summed E-state index contributed by atoms with van der Waals surface area (Å²) < 4.78 is 69.6. The van der Waals surface area contributed by atoms with Crippen LogP contribution in [0.4, 0.5) is 15.8 Å². The largest absolute Gasteiger partial charge is 0.379 e. The third-order valence-corrected chi connectivity index (χ3v) is 7.58. The number of carbonyl (C=O) groups is 1. The number of nitro groups is 1. The second-order valence-corrected chi connectivity index (χ2v) is 10.8. The van der Waals surface area contributed by atoms with Crippen molar-refractivity contribution in [1.82, 2.24) is 4.31 Å². The lowest BCUT2D eigenvalue weighted by molar-refractivity contribution is -0.385. The molecular formula is C18H18FN3O8S2. The number of carbonyl (C=O) groups excluding carboxylic acids is 1. The highest BCUT2D eigenvalue weighted by atomic mass is 32.2. The molecule has 1 fully saturated rings. The number of hydrogen-bond acceptors (Lipinski definition) is 8. The van der Waals surface area contributed by atoms with E-state index in [2.05, 4.69) is 5.32 Å². The molecule has 32 heavy (non-hydrogen) atoms. The number of rotatable bonds is 6. The molecule has 1 saturated heterocycles. The zero-order valence-electron chi connectivity index (χ0n) is 16.6. The Labute approximate surface area is 182 Å². The van der Waals surface area contributed by atoms with Crippen molar-refractivity contribution in [3.63, 3.8) is 0 Å². The maximum atomic E-state index is 14.3. The van der Waals surface area contributed by atoms with E-state index in [1.54, 1.807) is 0 Å². The fourth-order valence-corrected chi connectivity index (χ4v) is 5.12. The van der Waals surface area contributed by atoms with Crippen LogP contribution >= 0.6 is 0 Å². The summed E-state index contributed by atoms with van der Waals surface area (Å²) in [7, 11) is -8.06. The van der Waals surface area contributed by atoms with E-state index in [9.17, 15) is 36.1 Å². The molecule has 11 nitrogen and oxygen atoms in total. The number of sulfonamides is 1. The van der Waals surface area contributed by atoms with Crippen LogP contribution in [0.2, 0.25) is 0 Å². The standard InChI is InChI=1S/C18H18FN3O8S2/c1-31(26,27)15-9-12(8-14(11-15)22(24)25)18(23)20-13-2-3-16(19)17(10-13)32(28,29)21-4-6-30-7-5-21/h2-3,8-11H,4-7H2,1H3,(H,20,23). The van der Waals surface area contributed by atoms with Crippen LogP contribution in [0.3, 0.4) is 0 Å². The molecule has 0 aliphatic carbocycles. The molecular weight excluding hydrogens is 469 g/mol. The van der Waals surface area contributed by atoms with Gasteiger partial charge >= 0.3 is 0 Å². The lowest BCUT2D eigenvalue weighted by atomic mass is 10.2. The van der Waals surface area contributed by atoms with Gasteiger partial charge in [-0.3, -0.25) is 14.9 Å². The van der Waals surface area contributed by atoms with Crippen LogP contribution in [0.25, 0.3) is 0 Å². The number of benzene rings is 2. The average molecular weight is 487 g/mol. The number of nitrogens with zero attached hydrogens (tertiary/aromatic N) is 2. The molecule has 1 N–H and O–H groups in total. The van der Waals surface area contributed by atoms with Crippen molar-refractivity contribution < 1.29 is 35.7 Å². The van der Waals surface area contributed by atoms with E-state index < -0.39 is 52.0 Å². The summed E-state index contributed by atoms with van der Waals surface area (Å²) in [5.74, 6) is -1.97. The molecule has 0 aromatic heterocycles. The van der Waals surface area contributed by atoms with Gasteiger partial charge in [-0.25, -0.2) is 21.2 Å². The molecule has 2 aromatic rings. The first-order chi connectivity index (χ1) is 14.9. The molecule has 14 heteroatoms. The minimum atomic E-state index is -4.20. The minimum Gasteiger partial charge on any atom is -0.379 e. The smallest absolute Gasteiger partial charge is 0.271 e. The van der Waals surface area contributed by atoms with Gasteiger partial charge in [0.25, 0.3) is 11.6 Å². The molecule has 3 rings (SSSR count). The number of nitrogens with one attached hydrogen (secondary N) is 1. The van der Waals surface area contributed by atoms with E-state index in [4.69, 9.17) is 4.74 Å². The third kappa shape index (κ3) is 5.09. The van der Waals surface area contributed by atoms with E-state index >= 15 is 0 Å². The molecule has 1 aliphatic rings. The Kier molecular flexibility index (Phi) is 6.59. The zero-order valence-corrected chi connectivity index (χ0v) is 18.3. The van der Waals surface area contributed by atoms with Crippen LogP contribution in [0, 0.1) is 15.9 Å². The Morgan fingerprint density at radius 1 is 1.12 bits per heavy atom. The fourth-order valence-electron chi connectivity index (χ4n) is 2.94. The topological polar surface area (TPSA) is 153 Å². The van der Waals surface area contributed by atoms with Gasteiger partial charge in [-0.15, -0.1) is 0 Å². The molecule has 1 amide bonds. The van der Waals surface area contributed by atoms with Gasteiger partial charge in [0.1, 0.15) is 10.7 Å². The SMILES string of the molecule is CS(=O)(=O)c1cc(C(=O)Nc2ccc(F)c(S(=O)(=O)N3CCOCC3)c2)cc([N+](=O)[O-])c1. The Balaban J connectivity index is 1.95. The van der Waals surface area contributed by atoms with E-state index in [0.717, 1.165) is 47.0 Å². The van der Waals surface area contributed by atoms with Gasteiger partial charge < -0.3 is 10.1 Å². The predicted octanol–water partition coefficient (Wildman–Crippen LogP) is 1.41. The predicted molar refractivity (Wildman–Crippen MR) is 110 cm³/mol. The summed E-state index contributed by atoms with van der Waals surface area (Å²) in [6, 6.07) is 5.54. The molecule has 0 atom stereocenters. The molecule has 1 heterocycles. The lowest BCUT2D eigenvalue weighted by Crippen LogP contribution is -2.40. The van der Waals surface area contributed by atoms with E-state index in [-0.39, 0.29) is 37.6 Å². The summed E-state index contributed by atoms with van der Waals surface area (Å²) in [5, 5.41) is 13.4. The van der Waals surface area contributed by atoms with Crippen molar-refractivity contribution in [2.45, 2.75) is 9.79 Å². The van der Waals surface area contributed by atoms with Crippen LogP contribution in [-0.2, 0) is 24.6 Å². The van der Waals surface area contributed by atoms with Crippen LogP contribution in [0.1, 0.15) is 10.4 Å². The second kappa shape index (κ2) is 8.90. The number of morpholine rings is 1. The van der Waals surface area contributed by atoms with Gasteiger partial charge in [0.05, 0.1) is 23.0 Å². The third-order valence-electron chi connectivity index (χ3n) is 4.57. The van der Waals surface area contributed by atoms with Gasteiger partial charge in [-0.1, -0.05) is 0 Å². The fraction of sp³-hybridized carbons (Fsp3) is 0.278. The number of non-ortho nitro benzene ring substituents is 1. The van der Waals surface area contributed by atoms with E-state index in [1.807, 2.05) is 0 Å². The quantitative estimate of drug-likeness (QED) is 0.474. The minimum absolute atomic E-state index is 0.0420. The van der Waals surface area contributed by atoms with Gasteiger partial charge in [0.2, 0.25) is 10.0 Å². The van der Waals surface area contributed by atoms with Crippen molar-refractivity contribution in [2.75, 3.05) is 37.9 Å². The average Bonchev–Trinajstić information content (AvgIpc) is 2.74. The molecule has 0 bridgehead atoms. The number of halogens is 1. The molecule has 0 saturated carbocycles. The van der Waals surface area contributed by atoms with Crippen molar-refractivity contribution in [2.24, 2.45) is 0 Å². The normalized spacial score (nSPS) is 15.3. The van der Waals surface area contributed by atoms with E-state index in [0.29, 0.717) is 0 Å². The highest BCUT2D eigenvalue weighted by Crippen LogP contribution is 2.25. The maximum Gasteiger partial charge on any atom is 0.271 e. The first-order valence-corrected chi connectivity index (χ1v) is 12.4. The van der Waals surface area contributed by atoms with Crippen molar-refractivity contribution in [3.8, 4) is 0 Å². The van der Waals surface area contributed by atoms with Gasteiger partial charge in [0.15, 0.2) is 9.84 Å². The summed E-state index contributed by atoms with van der Waals surface area (Å²) in [5.41, 5.74) is -1.06. The number of sulfone groups is 1. The molecule has 1 aliphatic heterocycles. The highest BCUT2D eigenvalue weighted by Gasteiger charge is 2.29. The summed E-state index contributed by atoms with van der Waals surface area (Å²) in [4.78, 5) is 21.8. The van der Waals surface area contributed by atoms with Crippen molar-refractivity contribution in [3.05, 3.63) is 57.9 Å². The molecule has 0 spiro atoms. The lowest BCUT2D eigenvalue weighted by Gasteiger charge is -2.26. The number of hydrogen-bond donors (Lipinski definition) is 1. The van der Waals surface area contributed by atoms with Crippen LogP contribution in [0.15, 0.2) is 46.2 Å². The molecule has 0 radical (unpaired) electrons. The van der Waals surface area contributed by atoms with E-state index in [1.165, 1.54) is 0 Å². The van der Waals surface area contributed by atoms with Gasteiger partial charge in [-0.2, -0.15) is 4.31 Å². The number of nitro benzene ring substituents is 1. The zero-order chi connectivity index (χ0) is 23.7. The van der Waals surface area contributed by atoms with Crippen LogP contribution in [0.5, 0.6) is 0 Å². The van der Waals surface area contributed by atoms with Crippen LogP contribution in [-0.4, -0.2) is 64.5 Å². The number of anilines is 1. The maximum absolute atomic E-state index is 14.3. The Bertz CT molecular complexity index is 1290. The first kappa shape index (κ1) is 23.7. The molecule has 0 unspecified atom stereocenters. The number of amides is 1. The molecule has 172 valence electrons.